The van der Waals surface area contributed by atoms with Gasteiger partial charge in [0.05, 0.1) is 17.5 Å². The van der Waals surface area contributed by atoms with E-state index in [0.717, 1.165) is 44.3 Å². The van der Waals surface area contributed by atoms with Crippen molar-refractivity contribution in [2.75, 3.05) is 26.2 Å². The molecule has 3 N–H and O–H groups in total. The highest BCUT2D eigenvalue weighted by molar-refractivity contribution is 7.89. The van der Waals surface area contributed by atoms with Crippen molar-refractivity contribution in [1.29, 1.82) is 0 Å². The van der Waals surface area contributed by atoms with Gasteiger partial charge in [-0.15, -0.1) is 0 Å². The van der Waals surface area contributed by atoms with Crippen LogP contribution in [0.15, 0.2) is 34.2 Å². The second kappa shape index (κ2) is 8.83. The third kappa shape index (κ3) is 4.96. The van der Waals surface area contributed by atoms with Gasteiger partial charge in [-0.25, -0.2) is 13.4 Å². The molecule has 0 aliphatic carbocycles. The molecule has 2 aliphatic heterocycles. The number of nitrogens with zero attached hydrogens (tertiary/aromatic N) is 2. The number of hydrogen-bond donors (Lipinski definition) is 2. The Bertz CT molecular complexity index is 706. The highest BCUT2D eigenvalue weighted by atomic mass is 32.2. The third-order valence-corrected chi connectivity index (χ3v) is 6.76. The minimum atomic E-state index is -3.38. The summed E-state index contributed by atoms with van der Waals surface area (Å²) in [5, 5.41) is 3.07. The van der Waals surface area contributed by atoms with E-state index in [9.17, 15) is 8.42 Å². The van der Waals surface area contributed by atoms with Crippen molar-refractivity contribution in [2.45, 2.75) is 49.6 Å². The molecule has 144 valence electrons. The Balaban J connectivity index is 1.54. The van der Waals surface area contributed by atoms with Gasteiger partial charge < -0.3 is 15.8 Å². The van der Waals surface area contributed by atoms with Gasteiger partial charge in [-0.05, 0) is 43.4 Å². The first-order chi connectivity index (χ1) is 12.6. The molecule has 3 rings (SSSR count). The Morgan fingerprint density at radius 1 is 1.19 bits per heavy atom. The molecule has 1 aromatic carbocycles. The first-order valence-corrected chi connectivity index (χ1v) is 10.7. The van der Waals surface area contributed by atoms with Gasteiger partial charge in [0.1, 0.15) is 0 Å². The smallest absolute Gasteiger partial charge is 0.243 e. The second-order valence-corrected chi connectivity index (χ2v) is 8.76. The highest BCUT2D eigenvalue weighted by Crippen LogP contribution is 2.21. The summed E-state index contributed by atoms with van der Waals surface area (Å²) in [6, 6.07) is 6.91. The molecule has 2 fully saturated rings. The summed E-state index contributed by atoms with van der Waals surface area (Å²) in [5.41, 5.74) is 6.80. The number of rotatable bonds is 6. The van der Waals surface area contributed by atoms with E-state index in [1.54, 1.807) is 28.6 Å². The maximum absolute atomic E-state index is 12.6. The van der Waals surface area contributed by atoms with Crippen LogP contribution in [0.5, 0.6) is 0 Å². The molecule has 0 radical (unpaired) electrons. The van der Waals surface area contributed by atoms with Gasteiger partial charge >= 0.3 is 0 Å². The summed E-state index contributed by atoms with van der Waals surface area (Å²) in [6.07, 6.45) is 5.33. The van der Waals surface area contributed by atoms with Gasteiger partial charge in [-0.2, -0.15) is 4.31 Å². The molecule has 8 heteroatoms. The summed E-state index contributed by atoms with van der Waals surface area (Å²) >= 11 is 0. The van der Waals surface area contributed by atoms with Crippen LogP contribution in [0.3, 0.4) is 0 Å². The third-order valence-electron chi connectivity index (χ3n) is 4.84. The molecule has 0 saturated carbocycles. The second-order valence-electron chi connectivity index (χ2n) is 6.83. The van der Waals surface area contributed by atoms with Crippen molar-refractivity contribution in [2.24, 2.45) is 10.7 Å². The number of benzene rings is 1. The van der Waals surface area contributed by atoms with E-state index in [4.69, 9.17) is 10.5 Å². The summed E-state index contributed by atoms with van der Waals surface area (Å²) in [7, 11) is -3.38. The average Bonchev–Trinajstić information content (AvgIpc) is 3.19. The van der Waals surface area contributed by atoms with Crippen molar-refractivity contribution < 1.29 is 13.2 Å². The Kier molecular flexibility index (Phi) is 6.50. The Hall–Kier alpha value is -1.64. The number of hydrogen-bond acceptors (Lipinski definition) is 4. The normalized spacial score (nSPS) is 22.5. The quantitative estimate of drug-likeness (QED) is 0.575. The fourth-order valence-corrected chi connectivity index (χ4v) is 4.79. The summed E-state index contributed by atoms with van der Waals surface area (Å²) < 4.78 is 32.4. The van der Waals surface area contributed by atoms with Crippen molar-refractivity contribution in [3.05, 3.63) is 29.8 Å². The number of aliphatic imine (C=N–C) groups is 1. The maximum Gasteiger partial charge on any atom is 0.243 e. The molecule has 2 aliphatic rings. The minimum Gasteiger partial charge on any atom is -0.376 e. The zero-order valence-electron chi connectivity index (χ0n) is 15.1. The van der Waals surface area contributed by atoms with E-state index >= 15 is 0 Å². The van der Waals surface area contributed by atoms with E-state index in [1.165, 1.54) is 0 Å². The molecule has 0 amide bonds. The Morgan fingerprint density at radius 3 is 2.58 bits per heavy atom. The fraction of sp³-hybridized carbons (Fsp3) is 0.611. The largest absolute Gasteiger partial charge is 0.376 e. The van der Waals surface area contributed by atoms with Gasteiger partial charge in [0.15, 0.2) is 5.96 Å². The van der Waals surface area contributed by atoms with E-state index in [2.05, 4.69) is 10.3 Å². The van der Waals surface area contributed by atoms with E-state index in [1.807, 2.05) is 0 Å². The zero-order valence-corrected chi connectivity index (χ0v) is 15.9. The molecule has 1 atom stereocenters. The monoisotopic (exact) mass is 380 g/mol. The van der Waals surface area contributed by atoms with Gasteiger partial charge in [-0.3, -0.25) is 0 Å². The van der Waals surface area contributed by atoms with Crippen molar-refractivity contribution in [1.82, 2.24) is 9.62 Å². The van der Waals surface area contributed by atoms with E-state index in [0.29, 0.717) is 37.0 Å². The van der Waals surface area contributed by atoms with Crippen molar-refractivity contribution in [3.8, 4) is 0 Å². The molecular weight excluding hydrogens is 352 g/mol. The highest BCUT2D eigenvalue weighted by Gasteiger charge is 2.25. The number of ether oxygens (including phenoxy) is 1. The summed E-state index contributed by atoms with van der Waals surface area (Å²) in [6.45, 7) is 3.12. The van der Waals surface area contributed by atoms with Gasteiger partial charge in [0.2, 0.25) is 10.0 Å². The van der Waals surface area contributed by atoms with Crippen LogP contribution in [-0.2, 0) is 21.3 Å². The molecule has 0 bridgehead atoms. The van der Waals surface area contributed by atoms with Crippen LogP contribution >= 0.6 is 0 Å². The minimum absolute atomic E-state index is 0.211. The average molecular weight is 381 g/mol. The van der Waals surface area contributed by atoms with Gasteiger partial charge in [0.25, 0.3) is 0 Å². The molecule has 26 heavy (non-hydrogen) atoms. The van der Waals surface area contributed by atoms with Crippen molar-refractivity contribution in [3.63, 3.8) is 0 Å². The lowest BCUT2D eigenvalue weighted by molar-refractivity contribution is 0.114. The number of guanidine groups is 1. The molecule has 2 saturated heterocycles. The predicted molar refractivity (Wildman–Crippen MR) is 101 cm³/mol. The summed E-state index contributed by atoms with van der Waals surface area (Å²) in [5.74, 6) is 0.380. The van der Waals surface area contributed by atoms with Crippen LogP contribution in [-0.4, -0.2) is 51.0 Å². The lowest BCUT2D eigenvalue weighted by Crippen LogP contribution is -2.37. The molecule has 1 aromatic rings. The maximum atomic E-state index is 12.6. The molecule has 0 aromatic heterocycles. The van der Waals surface area contributed by atoms with Crippen LogP contribution in [0.2, 0.25) is 0 Å². The summed E-state index contributed by atoms with van der Waals surface area (Å²) in [4.78, 5) is 4.65. The molecular formula is C18H28N4O3S. The van der Waals surface area contributed by atoms with Gasteiger partial charge in [-0.1, -0.05) is 18.6 Å². The van der Waals surface area contributed by atoms with Crippen LogP contribution in [0, 0.1) is 0 Å². The number of nitrogens with one attached hydrogen (secondary N) is 1. The van der Waals surface area contributed by atoms with Gasteiger partial charge in [0, 0.05) is 26.2 Å². The zero-order chi connectivity index (χ0) is 18.4. The van der Waals surface area contributed by atoms with Crippen LogP contribution in [0.25, 0.3) is 0 Å². The number of sulfonamides is 1. The fourth-order valence-electron chi connectivity index (χ4n) is 3.28. The molecule has 7 nitrogen and oxygen atoms in total. The van der Waals surface area contributed by atoms with Crippen LogP contribution < -0.4 is 11.1 Å². The Labute approximate surface area is 155 Å². The lowest BCUT2D eigenvalue weighted by atomic mass is 10.2. The first kappa shape index (κ1) is 19.1. The number of nitrogens with two attached hydrogens (primary N) is 1. The molecule has 1 unspecified atom stereocenters. The van der Waals surface area contributed by atoms with Crippen LogP contribution in [0.4, 0.5) is 0 Å². The predicted octanol–water partition coefficient (Wildman–Crippen LogP) is 1.44. The standard InChI is InChI=1S/C18H28N4O3S/c19-18(21-14-16-5-4-12-25-16)20-13-15-6-8-17(9-7-15)26(23,24)22-10-2-1-3-11-22/h6-9,16H,1-5,10-14H2,(H3,19,20,21). The van der Waals surface area contributed by atoms with E-state index in [-0.39, 0.29) is 6.10 Å². The van der Waals surface area contributed by atoms with Crippen molar-refractivity contribution >= 4 is 16.0 Å². The van der Waals surface area contributed by atoms with E-state index < -0.39 is 10.0 Å². The lowest BCUT2D eigenvalue weighted by Gasteiger charge is -2.25. The first-order valence-electron chi connectivity index (χ1n) is 9.30. The number of piperidine rings is 1. The Morgan fingerprint density at radius 2 is 1.92 bits per heavy atom. The topological polar surface area (TPSA) is 97.0 Å². The molecule has 2 heterocycles. The van der Waals surface area contributed by atoms with Crippen LogP contribution in [0.1, 0.15) is 37.7 Å². The molecule has 0 spiro atoms. The SMILES string of the molecule is NC(=NCc1ccc(S(=O)(=O)N2CCCCC2)cc1)NCC1CCCO1.